The molecular weight excluding hydrogens is 110 g/mol. The van der Waals surface area contributed by atoms with Crippen LogP contribution in [0.2, 0.25) is 0 Å². The number of hydrazine groups is 1. The summed E-state index contributed by atoms with van der Waals surface area (Å²) in [5.74, 6) is 0. The molecule has 1 aliphatic heterocycles. The lowest BCUT2D eigenvalue weighted by molar-refractivity contribution is 0.0321. The molecular formula is C3H7N3O2. The average Bonchev–Trinajstić information content (AvgIpc) is 2.12. The van der Waals surface area contributed by atoms with Gasteiger partial charge in [0.25, 0.3) is 0 Å². The lowest BCUT2D eigenvalue weighted by atomic mass is 10.7. The fraction of sp³-hybridized carbons (Fsp3) is 0.667. The molecule has 0 aromatic rings. The molecule has 0 aromatic heterocycles. The molecule has 0 saturated carbocycles. The van der Waals surface area contributed by atoms with Crippen LogP contribution in [-0.2, 0) is 4.84 Å². The maximum Gasteiger partial charge on any atom is 0.331 e. The summed E-state index contributed by atoms with van der Waals surface area (Å²) in [5.41, 5.74) is 7.16. The summed E-state index contributed by atoms with van der Waals surface area (Å²) in [4.78, 5) is 14.8. The Morgan fingerprint density at radius 3 is 2.88 bits per heavy atom. The van der Waals surface area contributed by atoms with Crippen LogP contribution in [0.3, 0.4) is 0 Å². The van der Waals surface area contributed by atoms with E-state index in [1.165, 1.54) is 5.01 Å². The number of carbonyl (C=O) groups excluding carboxylic acids is 1. The smallest absolute Gasteiger partial charge is 0.331 e. The summed E-state index contributed by atoms with van der Waals surface area (Å²) >= 11 is 0. The molecule has 0 aromatic carbocycles. The van der Waals surface area contributed by atoms with Gasteiger partial charge in [0.1, 0.15) is 0 Å². The van der Waals surface area contributed by atoms with Crippen molar-refractivity contribution in [3.05, 3.63) is 0 Å². The van der Waals surface area contributed by atoms with Gasteiger partial charge < -0.3 is 5.73 Å². The summed E-state index contributed by atoms with van der Waals surface area (Å²) in [7, 11) is 0. The van der Waals surface area contributed by atoms with Crippen LogP contribution >= 0.6 is 0 Å². The molecule has 0 spiro atoms. The normalized spacial score (nSPS) is 19.2. The second-order valence-corrected chi connectivity index (χ2v) is 1.43. The van der Waals surface area contributed by atoms with Crippen LogP contribution in [0, 0.1) is 0 Å². The van der Waals surface area contributed by atoms with E-state index in [-0.39, 0.29) is 0 Å². The number of rotatable bonds is 0. The summed E-state index contributed by atoms with van der Waals surface area (Å²) in [6, 6.07) is -0.512. The van der Waals surface area contributed by atoms with Gasteiger partial charge in [-0.05, 0) is 0 Å². The Hall–Kier alpha value is -0.810. The third kappa shape index (κ3) is 0.877. The van der Waals surface area contributed by atoms with E-state index < -0.39 is 6.03 Å². The molecule has 46 valence electrons. The lowest BCUT2D eigenvalue weighted by Gasteiger charge is -2.07. The Kier molecular flexibility index (Phi) is 1.32. The van der Waals surface area contributed by atoms with Gasteiger partial charge in [0.05, 0.1) is 13.2 Å². The molecule has 0 unspecified atom stereocenters. The summed E-state index contributed by atoms with van der Waals surface area (Å²) < 4.78 is 0. The summed E-state index contributed by atoms with van der Waals surface area (Å²) in [5, 5.41) is 1.19. The predicted octanol–water partition coefficient (Wildman–Crippen LogP) is -1.18. The van der Waals surface area contributed by atoms with Crippen LogP contribution in [0.1, 0.15) is 0 Å². The molecule has 0 bridgehead atoms. The van der Waals surface area contributed by atoms with Crippen LogP contribution in [-0.4, -0.2) is 24.2 Å². The predicted molar refractivity (Wildman–Crippen MR) is 25.4 cm³/mol. The Morgan fingerprint density at radius 1 is 1.88 bits per heavy atom. The van der Waals surface area contributed by atoms with Gasteiger partial charge in [0.15, 0.2) is 0 Å². The Labute approximate surface area is 46.3 Å². The monoisotopic (exact) mass is 117 g/mol. The number of nitrogens with one attached hydrogen (secondary N) is 1. The van der Waals surface area contributed by atoms with Crippen molar-refractivity contribution in [3.63, 3.8) is 0 Å². The third-order valence-electron chi connectivity index (χ3n) is 0.858. The number of urea groups is 1. The lowest BCUT2D eigenvalue weighted by Crippen LogP contribution is -2.40. The molecule has 8 heavy (non-hydrogen) atoms. The maximum absolute atomic E-state index is 10.2. The number of primary amides is 1. The van der Waals surface area contributed by atoms with Crippen molar-refractivity contribution in [2.75, 3.05) is 13.2 Å². The highest BCUT2D eigenvalue weighted by Gasteiger charge is 2.13. The highest BCUT2D eigenvalue weighted by molar-refractivity contribution is 5.71. The van der Waals surface area contributed by atoms with E-state index in [1.54, 1.807) is 0 Å². The molecule has 3 N–H and O–H groups in total. The molecule has 1 saturated heterocycles. The zero-order valence-corrected chi connectivity index (χ0v) is 4.26. The van der Waals surface area contributed by atoms with E-state index in [4.69, 9.17) is 5.73 Å². The number of hydrogen-bond donors (Lipinski definition) is 2. The van der Waals surface area contributed by atoms with Crippen molar-refractivity contribution in [1.29, 1.82) is 0 Å². The molecule has 0 aliphatic carbocycles. The number of carbonyl (C=O) groups is 1. The van der Waals surface area contributed by atoms with E-state index in [1.807, 2.05) is 0 Å². The molecule has 2 amide bonds. The average molecular weight is 117 g/mol. The Bertz CT molecular complexity index is 98.7. The molecule has 0 atom stereocenters. The second-order valence-electron chi connectivity index (χ2n) is 1.43. The van der Waals surface area contributed by atoms with Crippen LogP contribution in [0.25, 0.3) is 0 Å². The molecule has 5 heteroatoms. The van der Waals surface area contributed by atoms with Crippen molar-refractivity contribution < 1.29 is 9.63 Å². The first-order valence-corrected chi connectivity index (χ1v) is 2.25. The highest BCUT2D eigenvalue weighted by Crippen LogP contribution is 1.88. The fourth-order valence-electron chi connectivity index (χ4n) is 0.461. The van der Waals surface area contributed by atoms with Gasteiger partial charge in [0, 0.05) is 0 Å². The van der Waals surface area contributed by atoms with Gasteiger partial charge in [0.2, 0.25) is 0 Å². The van der Waals surface area contributed by atoms with Gasteiger partial charge in [-0.1, -0.05) is 0 Å². The van der Waals surface area contributed by atoms with Gasteiger partial charge in [-0.25, -0.2) is 9.80 Å². The summed E-state index contributed by atoms with van der Waals surface area (Å²) in [6.45, 7) is 1.03. The van der Waals surface area contributed by atoms with Gasteiger partial charge in [-0.15, -0.1) is 5.59 Å². The largest absolute Gasteiger partial charge is 0.350 e. The molecule has 0 radical (unpaired) electrons. The van der Waals surface area contributed by atoms with Crippen LogP contribution in [0.5, 0.6) is 0 Å². The van der Waals surface area contributed by atoms with E-state index in [0.717, 1.165) is 0 Å². The molecule has 5 nitrogen and oxygen atoms in total. The first kappa shape index (κ1) is 5.33. The van der Waals surface area contributed by atoms with Crippen LogP contribution in [0.15, 0.2) is 0 Å². The van der Waals surface area contributed by atoms with E-state index >= 15 is 0 Å². The first-order valence-electron chi connectivity index (χ1n) is 2.25. The maximum atomic E-state index is 10.2. The minimum absolute atomic E-state index is 0.503. The zero-order chi connectivity index (χ0) is 5.98. The highest BCUT2D eigenvalue weighted by atomic mass is 16.7. The van der Waals surface area contributed by atoms with Crippen molar-refractivity contribution in [1.82, 2.24) is 10.6 Å². The van der Waals surface area contributed by atoms with Gasteiger partial charge >= 0.3 is 6.03 Å². The van der Waals surface area contributed by atoms with Crippen molar-refractivity contribution in [2.24, 2.45) is 5.73 Å². The topological polar surface area (TPSA) is 67.6 Å². The Balaban J connectivity index is 2.35. The summed E-state index contributed by atoms with van der Waals surface area (Å²) in [6.07, 6.45) is 0. The minimum atomic E-state index is -0.512. The van der Waals surface area contributed by atoms with Crippen molar-refractivity contribution >= 4 is 6.03 Å². The Morgan fingerprint density at radius 2 is 2.62 bits per heavy atom. The number of hydrogen-bond acceptors (Lipinski definition) is 3. The quantitative estimate of drug-likeness (QED) is 0.419. The molecule has 1 rings (SSSR count). The van der Waals surface area contributed by atoms with E-state index in [0.29, 0.717) is 13.2 Å². The van der Waals surface area contributed by atoms with Crippen LogP contribution < -0.4 is 11.3 Å². The fourth-order valence-corrected chi connectivity index (χ4v) is 0.461. The third-order valence-corrected chi connectivity index (χ3v) is 0.858. The van der Waals surface area contributed by atoms with Gasteiger partial charge in [-0.3, -0.25) is 4.84 Å². The van der Waals surface area contributed by atoms with Crippen molar-refractivity contribution in [2.45, 2.75) is 0 Å². The van der Waals surface area contributed by atoms with E-state index in [9.17, 15) is 4.79 Å². The SMILES string of the molecule is NC(=O)N1CCON1. The second kappa shape index (κ2) is 1.97. The number of nitrogens with two attached hydrogens (primary N) is 1. The standard InChI is InChI=1S/C3H7N3O2/c4-3(7)6-1-2-8-5-6/h5H,1-2H2,(H2,4,7). The van der Waals surface area contributed by atoms with Gasteiger partial charge in [-0.2, -0.15) is 0 Å². The molecule has 1 aliphatic rings. The first-order chi connectivity index (χ1) is 3.80. The van der Waals surface area contributed by atoms with Crippen molar-refractivity contribution in [3.8, 4) is 0 Å². The number of nitrogens with zero attached hydrogens (tertiary/aromatic N) is 1. The zero-order valence-electron chi connectivity index (χ0n) is 4.26. The van der Waals surface area contributed by atoms with Crippen LogP contribution in [0.4, 0.5) is 4.79 Å². The molecule has 1 fully saturated rings. The minimum Gasteiger partial charge on any atom is -0.350 e. The number of amides is 2. The van der Waals surface area contributed by atoms with E-state index in [2.05, 4.69) is 10.4 Å². The molecule has 1 heterocycles.